The molecule has 1 aliphatic rings. The molecule has 1 fully saturated rings. The smallest absolute Gasteiger partial charge is 0.404 e. The fraction of sp³-hybridized carbons (Fsp3) is 0.571. The van der Waals surface area contributed by atoms with Crippen LogP contribution in [-0.4, -0.2) is 41.8 Å². The zero-order chi connectivity index (χ0) is 9.97. The summed E-state index contributed by atoms with van der Waals surface area (Å²) in [6.07, 6.45) is 1.54. The topological polar surface area (TPSA) is 82.5 Å². The molecule has 0 bridgehead atoms. The average Bonchev–Trinajstić information content (AvgIpc) is 2.76. The summed E-state index contributed by atoms with van der Waals surface area (Å²) in [6, 6.07) is 0. The Morgan fingerprint density at radius 2 is 2.29 bits per heavy atom. The number of rotatable bonds is 3. The highest BCUT2D eigenvalue weighted by Crippen LogP contribution is 2.05. The highest BCUT2D eigenvalue weighted by atomic mass is 16.6. The van der Waals surface area contributed by atoms with E-state index in [1.807, 2.05) is 0 Å². The number of hydrogen-bond acceptors (Lipinski definition) is 5. The van der Waals surface area contributed by atoms with Crippen molar-refractivity contribution in [3.05, 3.63) is 6.20 Å². The molecule has 14 heavy (non-hydrogen) atoms. The van der Waals surface area contributed by atoms with Gasteiger partial charge in [-0.05, 0) is 0 Å². The number of nitrogens with two attached hydrogens (primary N) is 1. The first-order chi connectivity index (χ1) is 6.83. The van der Waals surface area contributed by atoms with E-state index < -0.39 is 7.12 Å². The minimum Gasteiger partial charge on any atom is -0.404 e. The summed E-state index contributed by atoms with van der Waals surface area (Å²) in [5.74, 6) is 0. The Balaban J connectivity index is 2.24. The third kappa shape index (κ3) is 1.61. The molecule has 6 nitrogen and oxygen atoms in total. The van der Waals surface area contributed by atoms with E-state index in [0.29, 0.717) is 31.0 Å². The maximum absolute atomic E-state index is 8.81. The third-order valence-corrected chi connectivity index (χ3v) is 2.07. The summed E-state index contributed by atoms with van der Waals surface area (Å²) in [5, 5.41) is 12.8. The molecule has 0 atom stereocenters. The number of aliphatic hydroxyl groups excluding tert-OH is 1. The predicted molar refractivity (Wildman–Crippen MR) is 51.0 cm³/mol. The van der Waals surface area contributed by atoms with Crippen molar-refractivity contribution >= 4 is 18.4 Å². The van der Waals surface area contributed by atoms with E-state index in [4.69, 9.17) is 20.1 Å². The van der Waals surface area contributed by atoms with Gasteiger partial charge in [0.05, 0.1) is 43.8 Å². The maximum atomic E-state index is 8.81. The molecule has 1 aromatic heterocycles. The van der Waals surface area contributed by atoms with Crippen molar-refractivity contribution in [1.82, 2.24) is 9.78 Å². The molecule has 7 heteroatoms. The van der Waals surface area contributed by atoms with Gasteiger partial charge in [-0.25, -0.2) is 0 Å². The molecule has 1 saturated heterocycles. The number of aliphatic hydroxyl groups is 1. The normalized spacial score (nSPS) is 16.5. The van der Waals surface area contributed by atoms with Crippen LogP contribution >= 0.6 is 0 Å². The van der Waals surface area contributed by atoms with Gasteiger partial charge in [0, 0.05) is 0 Å². The first-order valence-corrected chi connectivity index (χ1v) is 4.48. The summed E-state index contributed by atoms with van der Waals surface area (Å²) < 4.78 is 12.2. The van der Waals surface area contributed by atoms with Gasteiger partial charge in [-0.2, -0.15) is 5.10 Å². The molecule has 2 rings (SSSR count). The van der Waals surface area contributed by atoms with E-state index in [1.54, 1.807) is 4.68 Å². The zero-order valence-electron chi connectivity index (χ0n) is 7.72. The molecule has 0 saturated carbocycles. The number of hydrogen-bond donors (Lipinski definition) is 2. The second kappa shape index (κ2) is 3.99. The fourth-order valence-corrected chi connectivity index (χ4v) is 1.46. The van der Waals surface area contributed by atoms with Crippen LogP contribution in [0.1, 0.15) is 0 Å². The number of nitrogens with zero attached hydrogens (tertiary/aromatic N) is 2. The Labute approximate surface area is 81.7 Å². The molecular formula is C7H12BN3O3. The van der Waals surface area contributed by atoms with Crippen LogP contribution in [0.25, 0.3) is 0 Å². The second-order valence-electron chi connectivity index (χ2n) is 3.01. The molecule has 3 N–H and O–H groups in total. The number of nitrogen functional groups attached to an aromatic ring is 1. The summed E-state index contributed by atoms with van der Waals surface area (Å²) in [4.78, 5) is 0. The molecule has 0 radical (unpaired) electrons. The van der Waals surface area contributed by atoms with Crippen molar-refractivity contribution in [2.24, 2.45) is 0 Å². The van der Waals surface area contributed by atoms with Crippen molar-refractivity contribution in [2.75, 3.05) is 25.6 Å². The van der Waals surface area contributed by atoms with Crippen LogP contribution in [0.5, 0.6) is 0 Å². The van der Waals surface area contributed by atoms with Crippen molar-refractivity contribution in [3.63, 3.8) is 0 Å². The zero-order valence-corrected chi connectivity index (χ0v) is 7.72. The lowest BCUT2D eigenvalue weighted by Crippen LogP contribution is -2.40. The van der Waals surface area contributed by atoms with Crippen molar-refractivity contribution < 1.29 is 14.4 Å². The van der Waals surface area contributed by atoms with Gasteiger partial charge in [0.1, 0.15) is 0 Å². The van der Waals surface area contributed by atoms with E-state index in [1.165, 1.54) is 6.20 Å². The van der Waals surface area contributed by atoms with E-state index in [2.05, 4.69) is 5.10 Å². The first kappa shape index (κ1) is 9.51. The first-order valence-electron chi connectivity index (χ1n) is 4.48. The van der Waals surface area contributed by atoms with Gasteiger partial charge in [-0.3, -0.25) is 4.68 Å². The molecule has 1 aliphatic heterocycles. The summed E-state index contributed by atoms with van der Waals surface area (Å²) in [6.45, 7) is 1.54. The molecule has 0 amide bonds. The lowest BCUT2D eigenvalue weighted by molar-refractivity contribution is 0.270. The molecule has 0 unspecified atom stereocenters. The monoisotopic (exact) mass is 197 g/mol. The number of anilines is 1. The van der Waals surface area contributed by atoms with Crippen molar-refractivity contribution in [2.45, 2.75) is 6.54 Å². The Kier molecular flexibility index (Phi) is 2.71. The Bertz CT molecular complexity index is 311. The summed E-state index contributed by atoms with van der Waals surface area (Å²) in [5.41, 5.74) is 6.95. The van der Waals surface area contributed by atoms with Gasteiger partial charge in [-0.15, -0.1) is 0 Å². The van der Waals surface area contributed by atoms with Crippen molar-refractivity contribution in [3.8, 4) is 0 Å². The van der Waals surface area contributed by atoms with E-state index in [-0.39, 0.29) is 6.61 Å². The Morgan fingerprint density at radius 3 is 2.93 bits per heavy atom. The van der Waals surface area contributed by atoms with Crippen LogP contribution in [0.3, 0.4) is 0 Å². The van der Waals surface area contributed by atoms with Crippen molar-refractivity contribution in [1.29, 1.82) is 0 Å². The Hall–Kier alpha value is -1.05. The van der Waals surface area contributed by atoms with Crippen LogP contribution in [0.4, 0.5) is 5.69 Å². The van der Waals surface area contributed by atoms with E-state index >= 15 is 0 Å². The lowest BCUT2D eigenvalue weighted by Gasteiger charge is -2.08. The molecule has 2 heterocycles. The lowest BCUT2D eigenvalue weighted by atomic mass is 9.84. The second-order valence-corrected chi connectivity index (χ2v) is 3.01. The molecule has 76 valence electrons. The van der Waals surface area contributed by atoms with Gasteiger partial charge in [0.15, 0.2) is 0 Å². The van der Waals surface area contributed by atoms with Crippen LogP contribution in [0.2, 0.25) is 0 Å². The molecule has 1 aromatic rings. The Morgan fingerprint density at radius 1 is 1.57 bits per heavy atom. The maximum Gasteiger partial charge on any atom is 0.515 e. The van der Waals surface area contributed by atoms with Gasteiger partial charge in [-0.1, -0.05) is 0 Å². The molecule has 0 spiro atoms. The summed E-state index contributed by atoms with van der Waals surface area (Å²) in [7, 11) is -0.441. The standard InChI is InChI=1S/C7H12BN3O3/c9-6-5-10-11(1-2-12)7(6)8-13-3-4-14-8/h5,12H,1-4,9H2. The summed E-state index contributed by atoms with van der Waals surface area (Å²) >= 11 is 0. The van der Waals surface area contributed by atoms with Crippen LogP contribution in [0, 0.1) is 0 Å². The molecule has 0 aliphatic carbocycles. The largest absolute Gasteiger partial charge is 0.515 e. The SMILES string of the molecule is Nc1cnn(CCO)c1B1OCCO1. The van der Waals surface area contributed by atoms with Gasteiger partial charge in [0.2, 0.25) is 0 Å². The fourth-order valence-electron chi connectivity index (χ4n) is 1.46. The quantitative estimate of drug-likeness (QED) is 0.558. The highest BCUT2D eigenvalue weighted by molar-refractivity contribution is 6.62. The average molecular weight is 197 g/mol. The number of aromatic nitrogens is 2. The van der Waals surface area contributed by atoms with E-state index in [0.717, 1.165) is 0 Å². The van der Waals surface area contributed by atoms with E-state index in [9.17, 15) is 0 Å². The van der Waals surface area contributed by atoms with Gasteiger partial charge >= 0.3 is 7.12 Å². The molecule has 0 aromatic carbocycles. The minimum atomic E-state index is -0.441. The highest BCUT2D eigenvalue weighted by Gasteiger charge is 2.32. The van der Waals surface area contributed by atoms with Crippen LogP contribution < -0.4 is 11.3 Å². The van der Waals surface area contributed by atoms with Crippen LogP contribution in [-0.2, 0) is 15.9 Å². The third-order valence-electron chi connectivity index (χ3n) is 2.07. The van der Waals surface area contributed by atoms with Crippen LogP contribution in [0.15, 0.2) is 6.20 Å². The molecular weight excluding hydrogens is 185 g/mol. The van der Waals surface area contributed by atoms with Gasteiger partial charge in [0.25, 0.3) is 0 Å². The minimum absolute atomic E-state index is 0.0147. The van der Waals surface area contributed by atoms with Gasteiger partial charge < -0.3 is 20.1 Å². The predicted octanol–water partition coefficient (Wildman–Crippen LogP) is -1.80.